The Morgan fingerprint density at radius 1 is 1.21 bits per heavy atom. The molecule has 1 atom stereocenters. The highest BCUT2D eigenvalue weighted by molar-refractivity contribution is 7.92. The molecule has 0 fully saturated rings. The molecular formula is C25H32N4O4S. The minimum absolute atomic E-state index is 0.0325. The van der Waals surface area contributed by atoms with Crippen molar-refractivity contribution < 1.29 is 17.9 Å². The van der Waals surface area contributed by atoms with Crippen LogP contribution in [0, 0.1) is 11.3 Å². The van der Waals surface area contributed by atoms with Crippen molar-refractivity contribution in [2.45, 2.75) is 64.3 Å². The van der Waals surface area contributed by atoms with Gasteiger partial charge in [0.1, 0.15) is 6.61 Å². The highest BCUT2D eigenvalue weighted by atomic mass is 32.2. The van der Waals surface area contributed by atoms with E-state index in [0.29, 0.717) is 18.0 Å². The predicted octanol–water partition coefficient (Wildman–Crippen LogP) is 4.41. The van der Waals surface area contributed by atoms with Gasteiger partial charge in [0, 0.05) is 11.6 Å². The summed E-state index contributed by atoms with van der Waals surface area (Å²) in [6.45, 7) is 8.81. The lowest BCUT2D eigenvalue weighted by Gasteiger charge is -2.28. The summed E-state index contributed by atoms with van der Waals surface area (Å²) in [7, 11) is -4.01. The molecule has 2 aromatic rings. The highest BCUT2D eigenvalue weighted by Crippen LogP contribution is 2.38. The number of nitrogens with one attached hydrogen (secondary N) is 2. The molecule has 1 amide bonds. The number of sulfonamides is 1. The summed E-state index contributed by atoms with van der Waals surface area (Å²) < 4.78 is 34.6. The van der Waals surface area contributed by atoms with Crippen molar-refractivity contribution >= 4 is 27.5 Å². The molecular weight excluding hydrogens is 452 g/mol. The number of anilines is 1. The van der Waals surface area contributed by atoms with Crippen LogP contribution in [0.15, 0.2) is 41.3 Å². The average Bonchev–Trinajstić information content (AvgIpc) is 2.76. The molecule has 4 bridgehead atoms. The van der Waals surface area contributed by atoms with Crippen LogP contribution in [-0.2, 0) is 10.0 Å². The van der Waals surface area contributed by atoms with E-state index in [2.05, 4.69) is 53.8 Å². The van der Waals surface area contributed by atoms with Gasteiger partial charge in [-0.05, 0) is 60.8 Å². The van der Waals surface area contributed by atoms with Gasteiger partial charge in [-0.1, -0.05) is 39.8 Å². The number of aromatic nitrogens is 2. The van der Waals surface area contributed by atoms with Crippen molar-refractivity contribution in [1.29, 1.82) is 0 Å². The molecule has 1 aliphatic carbocycles. The van der Waals surface area contributed by atoms with E-state index in [1.54, 1.807) is 18.2 Å². The monoisotopic (exact) mass is 484 g/mol. The van der Waals surface area contributed by atoms with Crippen LogP contribution < -0.4 is 14.8 Å². The zero-order chi connectivity index (χ0) is 24.5. The van der Waals surface area contributed by atoms with Crippen LogP contribution in [0.4, 0.5) is 5.95 Å². The van der Waals surface area contributed by atoms with Crippen molar-refractivity contribution in [2.24, 2.45) is 11.3 Å². The summed E-state index contributed by atoms with van der Waals surface area (Å²) in [5.74, 6) is 0.189. The topological polar surface area (TPSA) is 110 Å². The lowest BCUT2D eigenvalue weighted by molar-refractivity contribution is 0.0913. The van der Waals surface area contributed by atoms with Crippen molar-refractivity contribution in [1.82, 2.24) is 15.3 Å². The molecule has 8 nitrogen and oxygen atoms in total. The minimum atomic E-state index is -4.01. The Kier molecular flexibility index (Phi) is 6.66. The molecule has 0 radical (unpaired) electrons. The van der Waals surface area contributed by atoms with Crippen LogP contribution in [0.3, 0.4) is 0 Å². The zero-order valence-corrected chi connectivity index (χ0v) is 20.9. The quantitative estimate of drug-likeness (QED) is 0.668. The van der Waals surface area contributed by atoms with Crippen molar-refractivity contribution in [3.8, 4) is 5.88 Å². The second-order valence-corrected chi connectivity index (χ2v) is 11.9. The first-order valence-corrected chi connectivity index (χ1v) is 13.1. The molecule has 4 rings (SSSR count). The van der Waals surface area contributed by atoms with Gasteiger partial charge in [-0.15, -0.1) is 0 Å². The average molecular weight is 485 g/mol. The lowest BCUT2D eigenvalue weighted by atomic mass is 9.78. The maximum atomic E-state index is 13.1. The van der Waals surface area contributed by atoms with Gasteiger partial charge in [0.25, 0.3) is 15.9 Å². The van der Waals surface area contributed by atoms with E-state index in [1.165, 1.54) is 12.1 Å². The van der Waals surface area contributed by atoms with Crippen LogP contribution in [-0.4, -0.2) is 36.9 Å². The number of benzene rings is 1. The third-order valence-electron chi connectivity index (χ3n) is 6.16. The summed E-state index contributed by atoms with van der Waals surface area (Å²) in [4.78, 5) is 21.7. The van der Waals surface area contributed by atoms with Gasteiger partial charge in [0.15, 0.2) is 0 Å². The molecule has 1 aromatic heterocycles. The fourth-order valence-corrected chi connectivity index (χ4v) is 5.18. The molecule has 2 aliphatic rings. The SMILES string of the molecule is CC(C)C[C@@H]1COc2cc(C3=CCC(C)(C)CC3)nc(n2)NS(=O)(=O)c2cccc(c2)C(=O)N1. The first-order valence-electron chi connectivity index (χ1n) is 11.7. The molecule has 0 spiro atoms. The zero-order valence-electron chi connectivity index (χ0n) is 20.1. The van der Waals surface area contributed by atoms with E-state index in [0.717, 1.165) is 24.8 Å². The van der Waals surface area contributed by atoms with Gasteiger partial charge in [-0.2, -0.15) is 4.98 Å². The van der Waals surface area contributed by atoms with E-state index < -0.39 is 10.0 Å². The van der Waals surface area contributed by atoms with Gasteiger partial charge in [-0.25, -0.2) is 18.1 Å². The molecule has 1 aromatic carbocycles. The Balaban J connectivity index is 1.77. The maximum absolute atomic E-state index is 13.1. The van der Waals surface area contributed by atoms with Crippen LogP contribution in [0.1, 0.15) is 69.4 Å². The first-order chi connectivity index (χ1) is 16.0. The molecule has 2 N–H and O–H groups in total. The van der Waals surface area contributed by atoms with Crippen LogP contribution in [0.25, 0.3) is 5.57 Å². The van der Waals surface area contributed by atoms with Crippen LogP contribution >= 0.6 is 0 Å². The number of fused-ring (bicyclic) bond motifs is 4. The Morgan fingerprint density at radius 2 is 2.00 bits per heavy atom. The smallest absolute Gasteiger partial charge is 0.264 e. The van der Waals surface area contributed by atoms with Crippen LogP contribution in [0.2, 0.25) is 0 Å². The molecule has 0 saturated heterocycles. The van der Waals surface area contributed by atoms with Crippen LogP contribution in [0.5, 0.6) is 5.88 Å². The van der Waals surface area contributed by atoms with Gasteiger partial charge < -0.3 is 10.1 Å². The normalized spacial score (nSPS) is 21.6. The molecule has 0 saturated carbocycles. The summed E-state index contributed by atoms with van der Waals surface area (Å²) in [5.41, 5.74) is 2.18. The van der Waals surface area contributed by atoms with Crippen molar-refractivity contribution in [3.05, 3.63) is 47.7 Å². The fraction of sp³-hybridized carbons (Fsp3) is 0.480. The Morgan fingerprint density at radius 3 is 2.71 bits per heavy atom. The number of carbonyl (C=O) groups is 1. The molecule has 9 heteroatoms. The van der Waals surface area contributed by atoms with E-state index in [1.807, 2.05) is 0 Å². The number of carbonyl (C=O) groups excluding carboxylic acids is 1. The third kappa shape index (κ3) is 5.75. The van der Waals surface area contributed by atoms with E-state index in [9.17, 15) is 13.2 Å². The van der Waals surface area contributed by atoms with Gasteiger partial charge in [0.2, 0.25) is 11.8 Å². The van der Waals surface area contributed by atoms with Crippen molar-refractivity contribution in [2.75, 3.05) is 11.3 Å². The number of allylic oxidation sites excluding steroid dienone is 2. The molecule has 34 heavy (non-hydrogen) atoms. The number of hydrogen-bond donors (Lipinski definition) is 2. The highest BCUT2D eigenvalue weighted by Gasteiger charge is 2.25. The summed E-state index contributed by atoms with van der Waals surface area (Å²) in [5, 5.41) is 2.98. The largest absolute Gasteiger partial charge is 0.475 e. The number of rotatable bonds is 3. The molecule has 1 aliphatic heterocycles. The third-order valence-corrected chi connectivity index (χ3v) is 7.49. The second kappa shape index (κ2) is 9.37. The maximum Gasteiger partial charge on any atom is 0.264 e. The number of ether oxygens (including phenoxy) is 1. The van der Waals surface area contributed by atoms with E-state index in [-0.39, 0.29) is 46.3 Å². The lowest BCUT2D eigenvalue weighted by Crippen LogP contribution is -2.40. The van der Waals surface area contributed by atoms with Gasteiger partial charge >= 0.3 is 0 Å². The minimum Gasteiger partial charge on any atom is -0.475 e. The molecule has 2 heterocycles. The number of amides is 1. The number of hydrogen-bond acceptors (Lipinski definition) is 6. The van der Waals surface area contributed by atoms with Crippen molar-refractivity contribution in [3.63, 3.8) is 0 Å². The Hall–Kier alpha value is -2.94. The first kappa shape index (κ1) is 24.2. The fourth-order valence-electron chi connectivity index (χ4n) is 4.19. The molecule has 0 unspecified atom stereocenters. The number of nitrogens with zero attached hydrogens (tertiary/aromatic N) is 2. The summed E-state index contributed by atoms with van der Waals surface area (Å²) in [6.07, 6.45) is 5.62. The second-order valence-electron chi connectivity index (χ2n) is 10.3. The van der Waals surface area contributed by atoms with E-state index in [4.69, 9.17) is 4.74 Å². The predicted molar refractivity (Wildman–Crippen MR) is 131 cm³/mol. The Bertz CT molecular complexity index is 1220. The van der Waals surface area contributed by atoms with Gasteiger partial charge in [-0.3, -0.25) is 4.79 Å². The van der Waals surface area contributed by atoms with Gasteiger partial charge in [0.05, 0.1) is 16.6 Å². The summed E-state index contributed by atoms with van der Waals surface area (Å²) >= 11 is 0. The standard InChI is InChI=1S/C25H32N4O4S/c1-16(2)12-19-15-33-22-14-21(17-8-10-25(3,4)11-9-17)27-24(28-22)29-34(31,32)20-7-5-6-18(13-20)23(30)26-19/h5-8,13-14,16,19H,9-12,15H2,1-4H3,(H,26,30)(H,27,28,29)/t19-/m1/s1. The Labute approximate surface area is 201 Å². The molecule has 182 valence electrons. The van der Waals surface area contributed by atoms with E-state index >= 15 is 0 Å². The summed E-state index contributed by atoms with van der Waals surface area (Å²) in [6, 6.07) is 7.42.